The average Bonchev–Trinajstić information content (AvgIpc) is 2.61. The topological polar surface area (TPSA) is 83.8 Å². The summed E-state index contributed by atoms with van der Waals surface area (Å²) in [5.74, 6) is -0.693. The number of carbonyl (C=O) groups is 2. The number of carbonyl (C=O) groups excluding carboxylic acids is 2. The summed E-state index contributed by atoms with van der Waals surface area (Å²) < 4.78 is 4.82. The first-order chi connectivity index (χ1) is 12.5. The fourth-order valence-electron chi connectivity index (χ4n) is 2.33. The summed E-state index contributed by atoms with van der Waals surface area (Å²) in [5, 5.41) is 16.0. The van der Waals surface area contributed by atoms with Crippen LogP contribution in [0.3, 0.4) is 0 Å². The van der Waals surface area contributed by atoms with Crippen molar-refractivity contribution in [3.8, 4) is 0 Å². The summed E-state index contributed by atoms with van der Waals surface area (Å²) in [7, 11) is 0. The van der Waals surface area contributed by atoms with Gasteiger partial charge in [0.15, 0.2) is 0 Å². The Morgan fingerprint density at radius 2 is 1.04 bits per heavy atom. The molecule has 0 saturated heterocycles. The summed E-state index contributed by atoms with van der Waals surface area (Å²) in [6, 6.07) is 0. The molecule has 0 fully saturated rings. The molecule has 0 bridgehead atoms. The van der Waals surface area contributed by atoms with Crippen molar-refractivity contribution in [3.63, 3.8) is 0 Å². The van der Waals surface area contributed by atoms with E-state index in [4.69, 9.17) is 14.9 Å². The summed E-state index contributed by atoms with van der Waals surface area (Å²) in [4.78, 5) is 22.9. The zero-order valence-corrected chi connectivity index (χ0v) is 17.3. The van der Waals surface area contributed by atoms with Crippen molar-refractivity contribution in [3.05, 3.63) is 0 Å². The Morgan fingerprint density at radius 3 is 1.35 bits per heavy atom. The molecule has 0 heterocycles. The van der Waals surface area contributed by atoms with E-state index in [0.717, 1.165) is 32.1 Å². The first-order valence-electron chi connectivity index (χ1n) is 10.5. The van der Waals surface area contributed by atoms with Crippen molar-refractivity contribution in [1.82, 2.24) is 0 Å². The highest BCUT2D eigenvalue weighted by molar-refractivity contribution is 5.85. The number of esters is 2. The maximum atomic E-state index is 11.5. The summed E-state index contributed by atoms with van der Waals surface area (Å²) in [6.07, 6.45) is 13.8. The molecule has 0 amide bonds. The zero-order valence-electron chi connectivity index (χ0n) is 17.3. The number of ether oxygens (including phenoxy) is 1. The number of rotatable bonds is 15. The summed E-state index contributed by atoms with van der Waals surface area (Å²) in [6.45, 7) is 5.76. The molecular weight excluding hydrogens is 332 g/mol. The predicted molar refractivity (Wildman–Crippen MR) is 106 cm³/mol. The van der Waals surface area contributed by atoms with Crippen LogP contribution in [-0.4, -0.2) is 34.9 Å². The second-order valence-electron chi connectivity index (χ2n) is 6.91. The Bertz CT molecular complexity index is 316. The van der Waals surface area contributed by atoms with Crippen LogP contribution in [0.1, 0.15) is 111 Å². The molecule has 0 spiro atoms. The van der Waals surface area contributed by atoms with Crippen molar-refractivity contribution in [1.29, 1.82) is 0 Å². The molecule has 0 aromatic carbocycles. The molecule has 1 unspecified atom stereocenters. The Hall–Kier alpha value is -0.940. The Balaban J connectivity index is 0. The molecule has 0 saturated carbocycles. The third-order valence-corrected chi connectivity index (χ3v) is 3.96. The molecule has 2 N–H and O–H groups in total. The van der Waals surface area contributed by atoms with Gasteiger partial charge < -0.3 is 14.9 Å². The van der Waals surface area contributed by atoms with Crippen molar-refractivity contribution in [2.24, 2.45) is 0 Å². The van der Waals surface area contributed by atoms with Crippen LogP contribution in [-0.2, 0) is 14.3 Å². The average molecular weight is 375 g/mol. The largest absolute Gasteiger partial charge is 0.394 e. The van der Waals surface area contributed by atoms with E-state index in [1.54, 1.807) is 0 Å². The van der Waals surface area contributed by atoms with Gasteiger partial charge in [-0.15, -0.1) is 0 Å². The van der Waals surface area contributed by atoms with E-state index in [1.807, 2.05) is 0 Å². The molecule has 0 aliphatic heterocycles. The van der Waals surface area contributed by atoms with Gasteiger partial charge in [0, 0.05) is 12.8 Å². The molecule has 0 aliphatic rings. The Kier molecular flexibility index (Phi) is 23.2. The highest BCUT2D eigenvalue weighted by Crippen LogP contribution is 2.10. The SMILES string of the molecule is CC(O)CO.CCCCCCCCCC(=O)OC(=O)CCCCCCC. The molecule has 0 rings (SSSR count). The van der Waals surface area contributed by atoms with Crippen molar-refractivity contribution < 1.29 is 24.5 Å². The van der Waals surface area contributed by atoms with E-state index in [-0.39, 0.29) is 18.5 Å². The Morgan fingerprint density at radius 1 is 0.731 bits per heavy atom. The third-order valence-electron chi connectivity index (χ3n) is 3.96. The molecule has 0 aromatic heterocycles. The van der Waals surface area contributed by atoms with E-state index >= 15 is 0 Å². The second-order valence-corrected chi connectivity index (χ2v) is 6.91. The van der Waals surface area contributed by atoms with Crippen LogP contribution in [0.5, 0.6) is 0 Å². The highest BCUT2D eigenvalue weighted by atomic mass is 16.6. The van der Waals surface area contributed by atoms with E-state index in [1.165, 1.54) is 51.9 Å². The minimum atomic E-state index is -0.560. The van der Waals surface area contributed by atoms with Gasteiger partial charge in [0.1, 0.15) is 0 Å². The first-order valence-corrected chi connectivity index (χ1v) is 10.5. The van der Waals surface area contributed by atoms with Crippen LogP contribution in [0.15, 0.2) is 0 Å². The molecule has 0 aromatic rings. The molecule has 26 heavy (non-hydrogen) atoms. The van der Waals surface area contributed by atoms with Crippen molar-refractivity contribution in [2.75, 3.05) is 6.61 Å². The molecule has 0 radical (unpaired) electrons. The maximum Gasteiger partial charge on any atom is 0.313 e. The van der Waals surface area contributed by atoms with Gasteiger partial charge in [-0.2, -0.15) is 0 Å². The lowest BCUT2D eigenvalue weighted by atomic mass is 10.1. The van der Waals surface area contributed by atoms with Crippen LogP contribution in [0, 0.1) is 0 Å². The standard InChI is InChI=1S/C18H34O3.C3H8O2/c1-3-5-7-9-10-12-14-16-18(20)21-17(19)15-13-11-8-6-4-2;1-3(5)2-4/h3-16H2,1-2H3;3-5H,2H2,1H3. The van der Waals surface area contributed by atoms with Gasteiger partial charge in [-0.05, 0) is 19.8 Å². The smallest absolute Gasteiger partial charge is 0.313 e. The van der Waals surface area contributed by atoms with E-state index < -0.39 is 6.10 Å². The maximum absolute atomic E-state index is 11.5. The van der Waals surface area contributed by atoms with Crippen molar-refractivity contribution in [2.45, 2.75) is 117 Å². The van der Waals surface area contributed by atoms with Crippen molar-refractivity contribution >= 4 is 11.9 Å². The summed E-state index contributed by atoms with van der Waals surface area (Å²) >= 11 is 0. The number of unbranched alkanes of at least 4 members (excludes halogenated alkanes) is 10. The van der Waals surface area contributed by atoms with Gasteiger partial charge in [-0.3, -0.25) is 9.59 Å². The van der Waals surface area contributed by atoms with E-state index in [0.29, 0.717) is 12.8 Å². The highest BCUT2D eigenvalue weighted by Gasteiger charge is 2.09. The molecule has 1 atom stereocenters. The second kappa shape index (κ2) is 22.1. The lowest BCUT2D eigenvalue weighted by molar-refractivity contribution is -0.159. The molecule has 0 aliphatic carbocycles. The molecule has 156 valence electrons. The third kappa shape index (κ3) is 25.3. The van der Waals surface area contributed by atoms with E-state index in [2.05, 4.69) is 13.8 Å². The molecule has 5 heteroatoms. The fourth-order valence-corrected chi connectivity index (χ4v) is 2.33. The molecule has 5 nitrogen and oxygen atoms in total. The van der Waals surface area contributed by atoms with E-state index in [9.17, 15) is 9.59 Å². The Labute approximate surface area is 160 Å². The van der Waals surface area contributed by atoms with Crippen LogP contribution in [0.25, 0.3) is 0 Å². The van der Waals surface area contributed by atoms with Gasteiger partial charge in [-0.25, -0.2) is 0 Å². The van der Waals surface area contributed by atoms with Gasteiger partial charge in [0.25, 0.3) is 0 Å². The number of hydrogen-bond donors (Lipinski definition) is 2. The summed E-state index contributed by atoms with van der Waals surface area (Å²) in [5.41, 5.74) is 0. The molecular formula is C21H42O5. The van der Waals surface area contributed by atoms with Crippen LogP contribution in [0.2, 0.25) is 0 Å². The van der Waals surface area contributed by atoms with Gasteiger partial charge in [0.05, 0.1) is 12.7 Å². The van der Waals surface area contributed by atoms with Crippen LogP contribution < -0.4 is 0 Å². The monoisotopic (exact) mass is 374 g/mol. The number of hydrogen-bond acceptors (Lipinski definition) is 5. The number of aliphatic hydroxyl groups excluding tert-OH is 2. The van der Waals surface area contributed by atoms with Crippen LogP contribution in [0.4, 0.5) is 0 Å². The minimum absolute atomic E-state index is 0.139. The van der Waals surface area contributed by atoms with Gasteiger partial charge in [0.2, 0.25) is 0 Å². The first kappa shape index (κ1) is 27.3. The minimum Gasteiger partial charge on any atom is -0.394 e. The lowest BCUT2D eigenvalue weighted by Gasteiger charge is -2.03. The van der Waals surface area contributed by atoms with Crippen LogP contribution >= 0.6 is 0 Å². The quantitative estimate of drug-likeness (QED) is 0.241. The lowest BCUT2D eigenvalue weighted by Crippen LogP contribution is -2.11. The zero-order chi connectivity index (χ0) is 20.0. The predicted octanol–water partition coefficient (Wildman–Crippen LogP) is 4.92. The van der Waals surface area contributed by atoms with Gasteiger partial charge >= 0.3 is 11.9 Å². The number of aliphatic hydroxyl groups is 2. The normalized spacial score (nSPS) is 11.4. The fraction of sp³-hybridized carbons (Fsp3) is 0.905. The van der Waals surface area contributed by atoms with Gasteiger partial charge in [-0.1, -0.05) is 78.1 Å².